The van der Waals surface area contributed by atoms with Crippen LogP contribution in [0.2, 0.25) is 0 Å². The minimum absolute atomic E-state index is 0.00181. The van der Waals surface area contributed by atoms with Gasteiger partial charge in [-0.1, -0.05) is 49.4 Å². The van der Waals surface area contributed by atoms with E-state index in [9.17, 15) is 19.8 Å². The molecule has 1 heterocycles. The summed E-state index contributed by atoms with van der Waals surface area (Å²) in [6.45, 7) is 4.65. The maximum Gasteiger partial charge on any atom is 0.366 e. The molecule has 286 valence electrons. The highest BCUT2D eigenvalue weighted by Crippen LogP contribution is 2.34. The lowest BCUT2D eigenvalue weighted by atomic mass is 9.90. The number of aliphatic hydroxyl groups excluding tert-OH is 2. The predicted molar refractivity (Wildman–Crippen MR) is 190 cm³/mol. The lowest BCUT2D eigenvalue weighted by Crippen LogP contribution is -2.64. The molecule has 5 atom stereocenters. The number of hydrogen-bond acceptors (Lipinski definition) is 15. The number of ether oxygens (including phenoxy) is 4. The second kappa shape index (κ2) is 24.5. The van der Waals surface area contributed by atoms with Crippen molar-refractivity contribution in [2.75, 3.05) is 84.5 Å². The van der Waals surface area contributed by atoms with Crippen LogP contribution in [0.1, 0.15) is 30.1 Å². The minimum atomic E-state index is -1.88. The van der Waals surface area contributed by atoms with E-state index in [4.69, 9.17) is 44.2 Å². The van der Waals surface area contributed by atoms with E-state index in [2.05, 4.69) is 10.6 Å². The van der Waals surface area contributed by atoms with Crippen molar-refractivity contribution in [3.8, 4) is 11.1 Å². The minimum Gasteiger partial charge on any atom is -0.465 e. The van der Waals surface area contributed by atoms with Crippen molar-refractivity contribution in [3.05, 3.63) is 60.2 Å². The third-order valence-electron chi connectivity index (χ3n) is 7.69. The Bertz CT molecular complexity index is 1250. The summed E-state index contributed by atoms with van der Waals surface area (Å²) in [5.74, 6) is -1.94. The number of amides is 1. The number of benzene rings is 2. The molecule has 51 heavy (non-hydrogen) atoms. The molecule has 1 saturated heterocycles. The first kappa shape index (κ1) is 42.7. The molecule has 0 aromatic heterocycles. The van der Waals surface area contributed by atoms with Gasteiger partial charge in [0.25, 0.3) is 11.7 Å². The van der Waals surface area contributed by atoms with Crippen LogP contribution in [0.15, 0.2) is 54.6 Å². The van der Waals surface area contributed by atoms with Crippen LogP contribution in [0.5, 0.6) is 0 Å². The molecule has 15 nitrogen and oxygen atoms in total. The molecule has 0 spiro atoms. The largest absolute Gasteiger partial charge is 0.465 e. The number of rotatable bonds is 26. The van der Waals surface area contributed by atoms with Crippen molar-refractivity contribution >= 4 is 23.6 Å². The molecule has 1 amide bonds. The first-order chi connectivity index (χ1) is 24.8. The summed E-state index contributed by atoms with van der Waals surface area (Å²) in [5, 5.41) is 28.0. The highest BCUT2D eigenvalue weighted by atomic mass is 32.2. The monoisotopic (exact) mass is 739 g/mol. The molecule has 1 fully saturated rings. The number of esters is 1. The number of nitrogens with two attached hydrogens (primary N) is 1. The third-order valence-corrected chi connectivity index (χ3v) is 8.60. The zero-order chi connectivity index (χ0) is 36.7. The van der Waals surface area contributed by atoms with E-state index >= 15 is 0 Å². The van der Waals surface area contributed by atoms with Gasteiger partial charge in [0.05, 0.1) is 64.5 Å². The van der Waals surface area contributed by atoms with Crippen molar-refractivity contribution in [3.63, 3.8) is 0 Å². The third kappa shape index (κ3) is 15.0. The lowest BCUT2D eigenvalue weighted by molar-refractivity contribution is -0.305. The summed E-state index contributed by atoms with van der Waals surface area (Å²) in [6, 6.07) is 16.4. The van der Waals surface area contributed by atoms with Gasteiger partial charge < -0.3 is 45.5 Å². The van der Waals surface area contributed by atoms with Crippen molar-refractivity contribution in [2.45, 2.75) is 49.9 Å². The molecule has 2 aromatic carbocycles. The number of methoxy groups -OCH3 is 1. The fourth-order valence-corrected chi connectivity index (χ4v) is 5.88. The van der Waals surface area contributed by atoms with Crippen molar-refractivity contribution in [1.82, 2.24) is 10.6 Å². The predicted octanol–water partition coefficient (Wildman–Crippen LogP) is 1.45. The van der Waals surface area contributed by atoms with Crippen LogP contribution in [0.4, 0.5) is 0 Å². The van der Waals surface area contributed by atoms with E-state index in [1.165, 1.54) is 18.9 Å². The van der Waals surface area contributed by atoms with Gasteiger partial charge in [-0.3, -0.25) is 4.79 Å². The summed E-state index contributed by atoms with van der Waals surface area (Å²) < 4.78 is 22.5. The summed E-state index contributed by atoms with van der Waals surface area (Å²) in [4.78, 5) is 45.7. The Morgan fingerprint density at radius 1 is 0.941 bits per heavy atom. The molecule has 2 aromatic rings. The highest BCUT2D eigenvalue weighted by molar-refractivity contribution is 7.99. The zero-order valence-corrected chi connectivity index (χ0v) is 30.2. The van der Waals surface area contributed by atoms with Gasteiger partial charge in [-0.05, 0) is 29.8 Å². The number of aliphatic hydroxyl groups is 2. The van der Waals surface area contributed by atoms with Crippen molar-refractivity contribution in [1.29, 1.82) is 0 Å². The molecule has 0 bridgehead atoms. The maximum atomic E-state index is 13.0. The van der Waals surface area contributed by atoms with Crippen LogP contribution in [-0.4, -0.2) is 137 Å². The number of carbonyl (C=O) groups excluding carboxylic acids is 2. The number of likely N-dealkylation sites (N-methyl/N-ethyl adjacent to an activating group) is 1. The number of hydrogen-bond donors (Lipinski definition) is 5. The van der Waals surface area contributed by atoms with E-state index in [1.807, 2.05) is 49.4 Å². The molecular formula is C35H53N3O12S. The van der Waals surface area contributed by atoms with E-state index in [0.29, 0.717) is 56.6 Å². The van der Waals surface area contributed by atoms with Crippen LogP contribution in [0, 0.1) is 0 Å². The number of nitrogens with one attached hydrogen (secondary N) is 2. The van der Waals surface area contributed by atoms with E-state index in [1.54, 1.807) is 12.1 Å². The fourth-order valence-electron chi connectivity index (χ4n) is 5.29. The number of thioether (sulfide) groups is 1. The Hall–Kier alpha value is -2.71. The second-order valence-corrected chi connectivity index (χ2v) is 12.7. The van der Waals surface area contributed by atoms with Crippen LogP contribution >= 0.6 is 11.8 Å². The first-order valence-electron chi connectivity index (χ1n) is 17.1. The maximum absolute atomic E-state index is 13.0. The van der Waals surface area contributed by atoms with E-state index < -0.39 is 36.1 Å². The van der Waals surface area contributed by atoms with Gasteiger partial charge in [-0.25, -0.2) is 24.3 Å². The van der Waals surface area contributed by atoms with Crippen LogP contribution in [0.3, 0.4) is 0 Å². The molecule has 6 N–H and O–H groups in total. The Balaban J connectivity index is 1.42. The molecule has 0 aliphatic carbocycles. The van der Waals surface area contributed by atoms with Crippen molar-refractivity contribution < 1.29 is 58.3 Å². The summed E-state index contributed by atoms with van der Waals surface area (Å²) >= 11 is 1.51. The van der Waals surface area contributed by atoms with E-state index in [0.717, 1.165) is 11.1 Å². The molecule has 0 radical (unpaired) electrons. The molecule has 1 aliphatic heterocycles. The van der Waals surface area contributed by atoms with Gasteiger partial charge in [-0.2, -0.15) is 11.8 Å². The topological polar surface area (TPSA) is 199 Å². The number of carbonyl (C=O) groups is 2. The molecule has 16 heteroatoms. The highest BCUT2D eigenvalue weighted by Gasteiger charge is 2.53. The summed E-state index contributed by atoms with van der Waals surface area (Å²) in [6.07, 6.45) is -3.12. The first-order valence-corrected chi connectivity index (χ1v) is 18.3. The van der Waals surface area contributed by atoms with Gasteiger partial charge in [0, 0.05) is 43.0 Å². The van der Waals surface area contributed by atoms with Gasteiger partial charge in [0.1, 0.15) is 13.2 Å². The van der Waals surface area contributed by atoms with Gasteiger partial charge in [0.2, 0.25) is 0 Å². The van der Waals surface area contributed by atoms with Crippen LogP contribution < -0.4 is 16.4 Å². The lowest BCUT2D eigenvalue weighted by Gasteiger charge is -2.45. The van der Waals surface area contributed by atoms with Gasteiger partial charge in [0.15, 0.2) is 0 Å². The molecule has 3 rings (SSSR count). The SMILES string of the molecule is CCNC1C(O)CC(OCCSCCOOCCOCCOOCCN)(C(=O)OC)OC1CC(O)CNC(=O)c1ccc(-c2ccccc2)cc1. The van der Waals surface area contributed by atoms with Crippen LogP contribution in [-0.2, 0) is 43.3 Å². The molecule has 0 saturated carbocycles. The zero-order valence-electron chi connectivity index (χ0n) is 29.4. The molecule has 1 aliphatic rings. The van der Waals surface area contributed by atoms with Crippen molar-refractivity contribution in [2.24, 2.45) is 5.73 Å². The Morgan fingerprint density at radius 2 is 1.59 bits per heavy atom. The van der Waals surface area contributed by atoms with Gasteiger partial charge in [-0.15, -0.1) is 0 Å². The van der Waals surface area contributed by atoms with Crippen LogP contribution in [0.25, 0.3) is 11.1 Å². The second-order valence-electron chi connectivity index (χ2n) is 11.4. The summed E-state index contributed by atoms with van der Waals surface area (Å²) in [5.41, 5.74) is 7.76. The Morgan fingerprint density at radius 3 is 2.25 bits per heavy atom. The van der Waals surface area contributed by atoms with E-state index in [-0.39, 0.29) is 45.1 Å². The molecular weight excluding hydrogens is 686 g/mol. The standard InChI is InChI=1S/C35H53N3O12S/c1-3-37-32-30(40)24-35(34(42)43-2,45-19-21-51-22-20-49-48-18-16-44-15-17-47-46-14-13-36)50-31(32)23-29(39)25-38-33(41)28-11-9-27(10-12-28)26-7-5-4-6-8-26/h4-12,29-32,37,39-40H,3,13-25,36H2,1-2H3,(H,38,41). The summed E-state index contributed by atoms with van der Waals surface area (Å²) in [7, 11) is 1.22. The smallest absolute Gasteiger partial charge is 0.366 e. The quantitative estimate of drug-likeness (QED) is 0.0402. The normalized spacial score (nSPS) is 20.9. The molecule has 5 unspecified atom stereocenters. The average Bonchev–Trinajstić information content (AvgIpc) is 3.15. The fraction of sp³-hybridized carbons (Fsp3) is 0.600. The van der Waals surface area contributed by atoms with Gasteiger partial charge >= 0.3 is 5.97 Å². The average molecular weight is 740 g/mol. The Labute approximate surface area is 303 Å². The Kier molecular flexibility index (Phi) is 20.5.